The number of anilines is 3. The van der Waals surface area contributed by atoms with Crippen LogP contribution in [0.2, 0.25) is 5.02 Å². The number of benzene rings is 1. The maximum atomic E-state index is 12.4. The molecule has 3 aromatic rings. The molecule has 164 valence electrons. The average molecular weight is 445 g/mol. The molecule has 0 atom stereocenters. The Morgan fingerprint density at radius 3 is 2.90 bits per heavy atom. The van der Waals surface area contributed by atoms with Crippen LogP contribution in [-0.2, 0) is 11.2 Å². The molecule has 3 rings (SSSR count). The molecule has 3 N–H and O–H groups in total. The second-order valence-electron chi connectivity index (χ2n) is 7.16. The number of carbonyl (C=O) groups excluding carboxylic acids is 1. The van der Waals surface area contributed by atoms with Gasteiger partial charge in [0, 0.05) is 18.3 Å². The lowest BCUT2D eigenvalue weighted by Crippen LogP contribution is -2.16. The maximum Gasteiger partial charge on any atom is 0.321 e. The fourth-order valence-corrected chi connectivity index (χ4v) is 3.00. The highest BCUT2D eigenvalue weighted by molar-refractivity contribution is 6.33. The molecule has 1 aromatic carbocycles. The first-order valence-corrected chi connectivity index (χ1v) is 10.1. The van der Waals surface area contributed by atoms with Crippen molar-refractivity contribution in [3.05, 3.63) is 46.9 Å². The highest BCUT2D eigenvalue weighted by Gasteiger charge is 2.12. The SMILES string of the molecule is Cc1cccc(Cl)c1NC(=O)Cc1cc(Nc2ncnc(OCCCN(C)C)n2)n[nH]1. The standard InChI is InChI=1S/C20H25ClN8O2/c1-13-6-4-7-15(21)18(13)25-17(30)11-14-10-16(28-27-14)24-19-22-12-23-20(26-19)31-9-5-8-29(2)3/h4,6-7,10,12H,5,8-9,11H2,1-3H3,(H,25,30)(H2,22,23,24,26,27,28). The number of amides is 1. The summed E-state index contributed by atoms with van der Waals surface area (Å²) in [5.41, 5.74) is 2.12. The number of hydrogen-bond donors (Lipinski definition) is 3. The molecule has 0 spiro atoms. The highest BCUT2D eigenvalue weighted by atomic mass is 35.5. The number of nitrogens with zero attached hydrogens (tertiary/aromatic N) is 5. The first-order valence-electron chi connectivity index (χ1n) is 9.73. The number of ether oxygens (including phenoxy) is 1. The Labute approximate surface area is 185 Å². The molecule has 0 aliphatic rings. The van der Waals surface area contributed by atoms with Gasteiger partial charge in [-0.05, 0) is 39.1 Å². The lowest BCUT2D eigenvalue weighted by molar-refractivity contribution is -0.115. The number of aryl methyl sites for hydroxylation is 1. The minimum absolute atomic E-state index is 0.108. The fraction of sp³-hybridized carbons (Fsp3) is 0.350. The van der Waals surface area contributed by atoms with Crippen LogP contribution in [0.1, 0.15) is 17.7 Å². The Hall–Kier alpha value is -3.24. The van der Waals surface area contributed by atoms with Crippen LogP contribution in [0.4, 0.5) is 17.5 Å². The van der Waals surface area contributed by atoms with E-state index >= 15 is 0 Å². The molecule has 0 aliphatic heterocycles. The number of aromatic amines is 1. The third kappa shape index (κ3) is 6.90. The van der Waals surface area contributed by atoms with Crippen LogP contribution in [0, 0.1) is 6.92 Å². The average Bonchev–Trinajstić information content (AvgIpc) is 3.15. The van der Waals surface area contributed by atoms with Gasteiger partial charge in [0.05, 0.1) is 23.7 Å². The minimum atomic E-state index is -0.208. The van der Waals surface area contributed by atoms with E-state index in [4.69, 9.17) is 16.3 Å². The second-order valence-corrected chi connectivity index (χ2v) is 7.56. The van der Waals surface area contributed by atoms with Crippen molar-refractivity contribution in [1.82, 2.24) is 30.0 Å². The summed E-state index contributed by atoms with van der Waals surface area (Å²) in [6.07, 6.45) is 2.33. The number of H-pyrrole nitrogens is 1. The van der Waals surface area contributed by atoms with Gasteiger partial charge < -0.3 is 20.3 Å². The molecular weight excluding hydrogens is 420 g/mol. The highest BCUT2D eigenvalue weighted by Crippen LogP contribution is 2.25. The Balaban J connectivity index is 1.54. The second kappa shape index (κ2) is 10.7. The van der Waals surface area contributed by atoms with Crippen molar-refractivity contribution < 1.29 is 9.53 Å². The number of carbonyl (C=O) groups is 1. The lowest BCUT2D eigenvalue weighted by Gasteiger charge is -2.09. The van der Waals surface area contributed by atoms with E-state index in [0.29, 0.717) is 34.8 Å². The van der Waals surface area contributed by atoms with Crippen molar-refractivity contribution in [3.8, 4) is 6.01 Å². The molecule has 0 radical (unpaired) electrons. The quantitative estimate of drug-likeness (QED) is 0.408. The molecular formula is C20H25ClN8O2. The summed E-state index contributed by atoms with van der Waals surface area (Å²) in [5, 5.41) is 13.3. The zero-order chi connectivity index (χ0) is 22.2. The summed E-state index contributed by atoms with van der Waals surface area (Å²) < 4.78 is 5.55. The molecule has 10 nitrogen and oxygen atoms in total. The zero-order valence-electron chi connectivity index (χ0n) is 17.6. The van der Waals surface area contributed by atoms with Crippen LogP contribution in [0.3, 0.4) is 0 Å². The monoisotopic (exact) mass is 444 g/mol. The first kappa shape index (κ1) is 22.4. The van der Waals surface area contributed by atoms with Gasteiger partial charge in [0.1, 0.15) is 6.33 Å². The van der Waals surface area contributed by atoms with Crippen LogP contribution in [0.5, 0.6) is 6.01 Å². The molecule has 0 saturated carbocycles. The predicted molar refractivity (Wildman–Crippen MR) is 119 cm³/mol. The Kier molecular flexibility index (Phi) is 7.74. The topological polar surface area (TPSA) is 121 Å². The summed E-state index contributed by atoms with van der Waals surface area (Å²) in [6, 6.07) is 7.40. The lowest BCUT2D eigenvalue weighted by atomic mass is 10.2. The third-order valence-electron chi connectivity index (χ3n) is 4.24. The molecule has 2 heterocycles. The van der Waals surface area contributed by atoms with Crippen LogP contribution >= 0.6 is 11.6 Å². The van der Waals surface area contributed by atoms with E-state index in [0.717, 1.165) is 18.5 Å². The van der Waals surface area contributed by atoms with Crippen molar-refractivity contribution in [2.24, 2.45) is 0 Å². The smallest absolute Gasteiger partial charge is 0.321 e. The first-order chi connectivity index (χ1) is 14.9. The Morgan fingerprint density at radius 2 is 2.13 bits per heavy atom. The Bertz CT molecular complexity index is 1000. The molecule has 0 aliphatic carbocycles. The molecule has 0 unspecified atom stereocenters. The van der Waals surface area contributed by atoms with Crippen molar-refractivity contribution in [2.45, 2.75) is 19.8 Å². The molecule has 1 amide bonds. The van der Waals surface area contributed by atoms with Gasteiger partial charge in [0.25, 0.3) is 0 Å². The maximum absolute atomic E-state index is 12.4. The molecule has 0 fully saturated rings. The van der Waals surface area contributed by atoms with Crippen molar-refractivity contribution in [1.29, 1.82) is 0 Å². The van der Waals surface area contributed by atoms with Gasteiger partial charge in [-0.2, -0.15) is 15.1 Å². The third-order valence-corrected chi connectivity index (χ3v) is 4.55. The van der Waals surface area contributed by atoms with Gasteiger partial charge in [-0.25, -0.2) is 4.98 Å². The summed E-state index contributed by atoms with van der Waals surface area (Å²) in [5.74, 6) is 0.563. The van der Waals surface area contributed by atoms with Gasteiger partial charge in [0.2, 0.25) is 11.9 Å². The summed E-state index contributed by atoms with van der Waals surface area (Å²) in [4.78, 5) is 26.7. The zero-order valence-corrected chi connectivity index (χ0v) is 18.4. The largest absolute Gasteiger partial charge is 0.463 e. The van der Waals surface area contributed by atoms with Crippen molar-refractivity contribution in [3.63, 3.8) is 0 Å². The molecule has 0 bridgehead atoms. The molecule has 11 heteroatoms. The van der Waals surface area contributed by atoms with Gasteiger partial charge in [0.15, 0.2) is 5.82 Å². The van der Waals surface area contributed by atoms with E-state index in [9.17, 15) is 4.79 Å². The van der Waals surface area contributed by atoms with Crippen molar-refractivity contribution >= 4 is 35.0 Å². The molecule has 31 heavy (non-hydrogen) atoms. The van der Waals surface area contributed by atoms with Crippen LogP contribution in [-0.4, -0.2) is 63.2 Å². The van der Waals surface area contributed by atoms with E-state index in [2.05, 4.69) is 40.7 Å². The summed E-state index contributed by atoms with van der Waals surface area (Å²) >= 11 is 6.16. The fourth-order valence-electron chi connectivity index (χ4n) is 2.73. The summed E-state index contributed by atoms with van der Waals surface area (Å²) in [7, 11) is 4.01. The molecule has 0 saturated heterocycles. The minimum Gasteiger partial charge on any atom is -0.463 e. The number of halogens is 1. The number of nitrogens with one attached hydrogen (secondary N) is 3. The molecule has 2 aromatic heterocycles. The van der Waals surface area contributed by atoms with Gasteiger partial charge in [-0.1, -0.05) is 23.7 Å². The van der Waals surface area contributed by atoms with E-state index in [1.54, 1.807) is 12.1 Å². The van der Waals surface area contributed by atoms with Crippen LogP contribution in [0.15, 0.2) is 30.6 Å². The summed E-state index contributed by atoms with van der Waals surface area (Å²) in [6.45, 7) is 3.30. The van der Waals surface area contributed by atoms with Gasteiger partial charge >= 0.3 is 6.01 Å². The number of para-hydroxylation sites is 1. The van der Waals surface area contributed by atoms with E-state index in [1.807, 2.05) is 33.2 Å². The number of aromatic nitrogens is 5. The normalized spacial score (nSPS) is 10.9. The van der Waals surface area contributed by atoms with Crippen LogP contribution in [0.25, 0.3) is 0 Å². The van der Waals surface area contributed by atoms with Crippen LogP contribution < -0.4 is 15.4 Å². The van der Waals surface area contributed by atoms with Gasteiger partial charge in [-0.15, -0.1) is 0 Å². The number of rotatable bonds is 10. The number of hydrogen-bond acceptors (Lipinski definition) is 8. The Morgan fingerprint density at radius 1 is 1.29 bits per heavy atom. The predicted octanol–water partition coefficient (Wildman–Crippen LogP) is 2.81. The van der Waals surface area contributed by atoms with E-state index in [-0.39, 0.29) is 18.3 Å². The van der Waals surface area contributed by atoms with Gasteiger partial charge in [-0.3, -0.25) is 9.89 Å². The van der Waals surface area contributed by atoms with E-state index in [1.165, 1.54) is 6.33 Å². The van der Waals surface area contributed by atoms with E-state index < -0.39 is 0 Å². The van der Waals surface area contributed by atoms with Crippen molar-refractivity contribution in [2.75, 3.05) is 37.9 Å².